The van der Waals surface area contributed by atoms with Crippen LogP contribution in [0.5, 0.6) is 11.5 Å². The zero-order valence-corrected chi connectivity index (χ0v) is 32.2. The van der Waals surface area contributed by atoms with Crippen LogP contribution in [-0.4, -0.2) is 19.3 Å². The molecule has 0 atom stereocenters. The summed E-state index contributed by atoms with van der Waals surface area (Å²) < 4.78 is 11.2. The summed E-state index contributed by atoms with van der Waals surface area (Å²) in [6.07, 6.45) is 13.4. The van der Waals surface area contributed by atoms with Crippen molar-refractivity contribution < 1.29 is 4.74 Å². The summed E-state index contributed by atoms with van der Waals surface area (Å²) in [5, 5.41) is 7.73. The highest BCUT2D eigenvalue weighted by Gasteiger charge is 2.21. The molecule has 4 aromatic carbocycles. The second-order valence-corrected chi connectivity index (χ2v) is 14.8. The Morgan fingerprint density at radius 2 is 1.42 bits per heavy atom. The normalized spacial score (nSPS) is 11.7. The van der Waals surface area contributed by atoms with Gasteiger partial charge in [-0.25, -0.2) is 9.67 Å². The lowest BCUT2D eigenvalue weighted by atomic mass is 9.96. The third-order valence-electron chi connectivity index (χ3n) is 10.4. The van der Waals surface area contributed by atoms with Gasteiger partial charge >= 0.3 is 0 Å². The minimum absolute atomic E-state index is 0.410. The molecule has 3 aromatic heterocycles. The first-order valence-electron chi connectivity index (χ1n) is 20.0. The fourth-order valence-corrected chi connectivity index (χ4v) is 7.71. The van der Waals surface area contributed by atoms with Crippen molar-refractivity contribution in [3.05, 3.63) is 132 Å². The molecular formula is C48H54N4O. The quantitative estimate of drug-likeness (QED) is 0.0942. The number of rotatable bonds is 16. The van der Waals surface area contributed by atoms with Gasteiger partial charge in [-0.1, -0.05) is 122 Å². The van der Waals surface area contributed by atoms with Crippen molar-refractivity contribution in [2.24, 2.45) is 0 Å². The van der Waals surface area contributed by atoms with Gasteiger partial charge in [-0.3, -0.25) is 4.57 Å². The van der Waals surface area contributed by atoms with Crippen LogP contribution in [-0.2, 0) is 19.3 Å². The maximum atomic E-state index is 6.69. The van der Waals surface area contributed by atoms with E-state index >= 15 is 0 Å². The number of hydrogen-bond acceptors (Lipinski definition) is 3. The third kappa shape index (κ3) is 7.81. The number of ether oxygens (including phenoxy) is 1. The zero-order chi connectivity index (χ0) is 36.7. The molecule has 0 saturated heterocycles. The van der Waals surface area contributed by atoms with Gasteiger partial charge in [-0.05, 0) is 90.8 Å². The molecule has 5 nitrogen and oxygen atoms in total. The van der Waals surface area contributed by atoms with Crippen LogP contribution in [0.2, 0.25) is 0 Å². The smallest absolute Gasteiger partial charge is 0.137 e. The molecule has 5 heteroatoms. The first kappa shape index (κ1) is 36.2. The molecule has 7 rings (SSSR count). The van der Waals surface area contributed by atoms with Gasteiger partial charge in [0.1, 0.15) is 17.3 Å². The number of hydrogen-bond donors (Lipinski definition) is 0. The van der Waals surface area contributed by atoms with Crippen molar-refractivity contribution in [3.8, 4) is 34.1 Å². The van der Waals surface area contributed by atoms with Crippen molar-refractivity contribution >= 4 is 21.8 Å². The number of nitrogens with zero attached hydrogens (tertiary/aromatic N) is 4. The standard InChI is InChI=1S/C48H54N4O/c1-6-9-10-11-12-22-45-48(36-25-23-35(16-7-2)24-26-36)43(17-8-3)50-52(45)38-18-15-19-39(32-38)53-40-27-28-42-41-20-13-14-21-44(41)51(46(42)33-40)47-31-37(34(4)5)29-30-49-47/h13-15,18-21,23-34H,6-12,16-17,22H2,1-5H3. The van der Waals surface area contributed by atoms with Gasteiger partial charge in [0.05, 0.1) is 28.1 Å². The van der Waals surface area contributed by atoms with Crippen molar-refractivity contribution in [2.75, 3.05) is 0 Å². The molecule has 0 spiro atoms. The zero-order valence-electron chi connectivity index (χ0n) is 32.2. The lowest BCUT2D eigenvalue weighted by Gasteiger charge is -2.13. The Kier molecular flexibility index (Phi) is 11.4. The van der Waals surface area contributed by atoms with Crippen LogP contribution >= 0.6 is 0 Å². The first-order valence-corrected chi connectivity index (χ1v) is 20.0. The Balaban J connectivity index is 1.27. The average molecular weight is 703 g/mol. The van der Waals surface area contributed by atoms with Gasteiger partial charge in [0.2, 0.25) is 0 Å². The monoisotopic (exact) mass is 702 g/mol. The number of fused-ring (bicyclic) bond motifs is 3. The highest BCUT2D eigenvalue weighted by molar-refractivity contribution is 6.09. The number of para-hydroxylation sites is 1. The van der Waals surface area contributed by atoms with E-state index in [1.54, 1.807) is 0 Å². The highest BCUT2D eigenvalue weighted by atomic mass is 16.5. The van der Waals surface area contributed by atoms with Crippen molar-refractivity contribution in [1.29, 1.82) is 0 Å². The number of aryl methyl sites for hydroxylation is 2. The summed E-state index contributed by atoms with van der Waals surface area (Å²) in [7, 11) is 0. The predicted octanol–water partition coefficient (Wildman–Crippen LogP) is 13.4. The van der Waals surface area contributed by atoms with Gasteiger partial charge in [0.25, 0.3) is 0 Å². The van der Waals surface area contributed by atoms with E-state index in [1.165, 1.54) is 70.1 Å². The Labute approximate surface area is 315 Å². The fraction of sp³-hybridized carbons (Fsp3) is 0.333. The van der Waals surface area contributed by atoms with E-state index in [-0.39, 0.29) is 0 Å². The second-order valence-electron chi connectivity index (χ2n) is 14.8. The molecule has 0 saturated carbocycles. The van der Waals surface area contributed by atoms with E-state index in [9.17, 15) is 0 Å². The summed E-state index contributed by atoms with van der Waals surface area (Å²) in [6.45, 7) is 11.2. The molecule has 7 aromatic rings. The van der Waals surface area contributed by atoms with Crippen LogP contribution in [0.4, 0.5) is 0 Å². The molecule has 0 aliphatic heterocycles. The van der Waals surface area contributed by atoms with Gasteiger partial charge in [0.15, 0.2) is 0 Å². The van der Waals surface area contributed by atoms with Crippen molar-refractivity contribution in [1.82, 2.24) is 19.3 Å². The maximum Gasteiger partial charge on any atom is 0.137 e. The van der Waals surface area contributed by atoms with Crippen LogP contribution in [0, 0.1) is 0 Å². The van der Waals surface area contributed by atoms with Gasteiger partial charge < -0.3 is 4.74 Å². The van der Waals surface area contributed by atoms with Crippen molar-refractivity contribution in [3.63, 3.8) is 0 Å². The minimum atomic E-state index is 0.410. The molecule has 0 aliphatic rings. The molecule has 53 heavy (non-hydrogen) atoms. The van der Waals surface area contributed by atoms with E-state index in [4.69, 9.17) is 14.8 Å². The average Bonchev–Trinajstić information content (AvgIpc) is 3.70. The van der Waals surface area contributed by atoms with E-state index in [0.29, 0.717) is 5.92 Å². The van der Waals surface area contributed by atoms with E-state index in [2.05, 4.69) is 141 Å². The summed E-state index contributed by atoms with van der Waals surface area (Å²) in [5.74, 6) is 2.90. The lowest BCUT2D eigenvalue weighted by Crippen LogP contribution is -2.04. The van der Waals surface area contributed by atoms with Gasteiger partial charge in [0, 0.05) is 34.7 Å². The largest absolute Gasteiger partial charge is 0.457 e. The van der Waals surface area contributed by atoms with Gasteiger partial charge in [-0.2, -0.15) is 5.10 Å². The summed E-state index contributed by atoms with van der Waals surface area (Å²) in [4.78, 5) is 4.84. The second kappa shape index (κ2) is 16.7. The molecule has 0 amide bonds. The van der Waals surface area contributed by atoms with E-state index in [1.807, 2.05) is 12.3 Å². The number of aromatic nitrogens is 4. The fourth-order valence-electron chi connectivity index (χ4n) is 7.71. The Hall–Kier alpha value is -5.16. The molecule has 0 N–H and O–H groups in total. The SMILES string of the molecule is CCCCCCCc1c(-c2ccc(CCC)cc2)c(CCC)nn1-c1cccc(Oc2ccc3c4ccccc4n(-c4cc(C(C)C)ccn4)c3c2)c1. The molecule has 0 fully saturated rings. The molecule has 272 valence electrons. The lowest BCUT2D eigenvalue weighted by molar-refractivity contribution is 0.482. The number of benzene rings is 4. The Morgan fingerprint density at radius 1 is 0.642 bits per heavy atom. The molecule has 0 unspecified atom stereocenters. The predicted molar refractivity (Wildman–Crippen MR) is 222 cm³/mol. The summed E-state index contributed by atoms with van der Waals surface area (Å²) in [5.41, 5.74) is 11.0. The molecule has 0 bridgehead atoms. The van der Waals surface area contributed by atoms with E-state index in [0.717, 1.165) is 72.6 Å². The Bertz CT molecular complexity index is 2290. The molecule has 0 aliphatic carbocycles. The van der Waals surface area contributed by atoms with Crippen LogP contribution in [0.3, 0.4) is 0 Å². The molecule has 0 radical (unpaired) electrons. The van der Waals surface area contributed by atoms with Crippen LogP contribution < -0.4 is 4.74 Å². The topological polar surface area (TPSA) is 44.9 Å². The summed E-state index contributed by atoms with van der Waals surface area (Å²) in [6, 6.07) is 37.0. The third-order valence-corrected chi connectivity index (χ3v) is 10.4. The number of unbranched alkanes of at least 4 members (excludes halogenated alkanes) is 4. The Morgan fingerprint density at radius 3 is 2.21 bits per heavy atom. The van der Waals surface area contributed by atoms with Crippen LogP contribution in [0.15, 0.2) is 109 Å². The molecule has 3 heterocycles. The minimum Gasteiger partial charge on any atom is -0.457 e. The van der Waals surface area contributed by atoms with Crippen molar-refractivity contribution in [2.45, 2.75) is 105 Å². The van der Waals surface area contributed by atoms with Gasteiger partial charge in [-0.15, -0.1) is 0 Å². The summed E-state index contributed by atoms with van der Waals surface area (Å²) >= 11 is 0. The maximum absolute atomic E-state index is 6.69. The van der Waals surface area contributed by atoms with Crippen LogP contribution in [0.1, 0.15) is 108 Å². The van der Waals surface area contributed by atoms with Crippen LogP contribution in [0.25, 0.3) is 44.4 Å². The first-order chi connectivity index (χ1) is 26.0. The number of pyridine rings is 1. The molecular weight excluding hydrogens is 649 g/mol. The van der Waals surface area contributed by atoms with E-state index < -0.39 is 0 Å². The highest BCUT2D eigenvalue weighted by Crippen LogP contribution is 2.37.